The predicted molar refractivity (Wildman–Crippen MR) is 120 cm³/mol. The summed E-state index contributed by atoms with van der Waals surface area (Å²) < 4.78 is 12.8. The monoisotopic (exact) mass is 450 g/mol. The van der Waals surface area contributed by atoms with Crippen LogP contribution in [-0.2, 0) is 14.3 Å². The number of carbonyl (C=O) groups is 2. The molecule has 3 aromatic rings. The summed E-state index contributed by atoms with van der Waals surface area (Å²) in [5.41, 5.74) is 2.61. The Morgan fingerprint density at radius 2 is 1.94 bits per heavy atom. The highest BCUT2D eigenvalue weighted by atomic mass is 16.5. The minimum Gasteiger partial charge on any atom is -0.505 e. The van der Waals surface area contributed by atoms with Crippen LogP contribution in [0.5, 0.6) is 0 Å². The van der Waals surface area contributed by atoms with E-state index in [1.54, 1.807) is 29.7 Å². The molecule has 2 fully saturated rings. The maximum absolute atomic E-state index is 13.2. The third kappa shape index (κ3) is 3.63. The second-order valence-corrected chi connectivity index (χ2v) is 8.39. The van der Waals surface area contributed by atoms with Gasteiger partial charge in [-0.25, -0.2) is 4.98 Å². The number of morpholine rings is 1. The number of ether oxygens (including phenoxy) is 1. The van der Waals surface area contributed by atoms with E-state index in [1.807, 2.05) is 19.1 Å². The molecular formula is C24H26N4O5. The quantitative estimate of drug-likeness (QED) is 0.362. The van der Waals surface area contributed by atoms with Gasteiger partial charge in [-0.15, -0.1) is 0 Å². The maximum Gasteiger partial charge on any atom is 0.295 e. The number of Topliss-reactive ketones (excluding diaryl/α,β-unsaturated/α-hetero) is 1. The normalized spacial score (nSPS) is 21.4. The topological polar surface area (TPSA) is 101 Å². The molecule has 3 aromatic heterocycles. The summed E-state index contributed by atoms with van der Waals surface area (Å²) in [7, 11) is 0. The summed E-state index contributed by atoms with van der Waals surface area (Å²) in [5.74, 6) is -1.19. The number of fused-ring (bicyclic) bond motifs is 1. The van der Waals surface area contributed by atoms with Crippen LogP contribution in [0.2, 0.25) is 0 Å². The van der Waals surface area contributed by atoms with Crippen LogP contribution in [0.25, 0.3) is 11.4 Å². The molecule has 0 aliphatic carbocycles. The molecule has 0 aromatic carbocycles. The van der Waals surface area contributed by atoms with Crippen molar-refractivity contribution in [1.29, 1.82) is 0 Å². The van der Waals surface area contributed by atoms with Gasteiger partial charge in [0.25, 0.3) is 11.7 Å². The van der Waals surface area contributed by atoms with Crippen LogP contribution in [0.3, 0.4) is 0 Å². The van der Waals surface area contributed by atoms with Crippen LogP contribution >= 0.6 is 0 Å². The fraction of sp³-hybridized carbons (Fsp3) is 0.375. The Bertz CT molecular complexity index is 1240. The summed E-state index contributed by atoms with van der Waals surface area (Å²) in [6, 6.07) is 6.40. The number of pyridine rings is 1. The van der Waals surface area contributed by atoms with Crippen molar-refractivity contribution in [2.24, 2.45) is 0 Å². The van der Waals surface area contributed by atoms with E-state index < -0.39 is 17.7 Å². The van der Waals surface area contributed by atoms with Crippen molar-refractivity contribution in [2.75, 3.05) is 39.4 Å². The summed E-state index contributed by atoms with van der Waals surface area (Å²) in [6.45, 7) is 7.47. The maximum atomic E-state index is 13.2. The van der Waals surface area contributed by atoms with Gasteiger partial charge in [0, 0.05) is 32.4 Å². The zero-order chi connectivity index (χ0) is 23.1. The lowest BCUT2D eigenvalue weighted by Gasteiger charge is -2.30. The number of carbonyl (C=O) groups excluding carboxylic acids is 2. The second-order valence-electron chi connectivity index (χ2n) is 8.39. The van der Waals surface area contributed by atoms with Gasteiger partial charge in [-0.3, -0.25) is 18.9 Å². The minimum atomic E-state index is -0.809. The van der Waals surface area contributed by atoms with Crippen LogP contribution < -0.4 is 0 Å². The molecule has 2 saturated heterocycles. The molecule has 1 amide bonds. The van der Waals surface area contributed by atoms with Crippen molar-refractivity contribution < 1.29 is 23.8 Å². The average molecular weight is 450 g/mol. The van der Waals surface area contributed by atoms with Crippen molar-refractivity contribution in [3.63, 3.8) is 0 Å². The second kappa shape index (κ2) is 8.49. The third-order valence-electron chi connectivity index (χ3n) is 6.36. The summed E-state index contributed by atoms with van der Waals surface area (Å²) in [4.78, 5) is 34.6. The number of amides is 1. The molecule has 0 spiro atoms. The predicted octanol–water partition coefficient (Wildman–Crippen LogP) is 2.30. The number of furan rings is 1. The SMILES string of the molecule is Cc1nc2c(C)cccn2c1C(O)=C1C(=O)C(=O)N(CCN2CCOCC2)[C@@H]1c1ccco1. The third-order valence-corrected chi connectivity index (χ3v) is 6.36. The molecule has 9 heteroatoms. The Morgan fingerprint density at radius 3 is 2.67 bits per heavy atom. The first kappa shape index (κ1) is 21.4. The largest absolute Gasteiger partial charge is 0.505 e. The first-order valence-corrected chi connectivity index (χ1v) is 11.0. The van der Waals surface area contributed by atoms with Gasteiger partial charge >= 0.3 is 0 Å². The first-order chi connectivity index (χ1) is 16.0. The highest BCUT2D eigenvalue weighted by Gasteiger charge is 2.47. The van der Waals surface area contributed by atoms with E-state index in [4.69, 9.17) is 9.15 Å². The number of rotatable bonds is 5. The standard InChI is InChI=1S/C24H26N4O5/c1-15-5-3-7-27-19(16(2)25-23(15)27)21(29)18-20(17-6-4-12-33-17)28(24(31)22(18)30)9-8-26-10-13-32-14-11-26/h3-7,12,20,29H,8-11,13-14H2,1-2H3/t20-/m1/s1. The van der Waals surface area contributed by atoms with Crippen molar-refractivity contribution >= 4 is 23.1 Å². The molecule has 1 N–H and O–H groups in total. The van der Waals surface area contributed by atoms with Gasteiger partial charge in [0.1, 0.15) is 23.1 Å². The van der Waals surface area contributed by atoms with Gasteiger partial charge in [-0.2, -0.15) is 0 Å². The molecule has 172 valence electrons. The van der Waals surface area contributed by atoms with E-state index in [0.717, 1.165) is 18.7 Å². The van der Waals surface area contributed by atoms with Gasteiger partial charge in [0.05, 0.1) is 30.7 Å². The van der Waals surface area contributed by atoms with Crippen molar-refractivity contribution in [3.05, 3.63) is 65.0 Å². The minimum absolute atomic E-state index is 0.0170. The van der Waals surface area contributed by atoms with Gasteiger partial charge in [-0.05, 0) is 37.6 Å². The molecule has 0 radical (unpaired) electrons. The number of hydrogen-bond acceptors (Lipinski definition) is 7. The number of aryl methyl sites for hydroxylation is 2. The molecule has 0 bridgehead atoms. The van der Waals surface area contributed by atoms with E-state index in [9.17, 15) is 14.7 Å². The fourth-order valence-electron chi connectivity index (χ4n) is 4.66. The lowest BCUT2D eigenvalue weighted by atomic mass is 10.0. The number of likely N-dealkylation sites (tertiary alicyclic amines) is 1. The van der Waals surface area contributed by atoms with E-state index in [2.05, 4.69) is 9.88 Å². The molecular weight excluding hydrogens is 424 g/mol. The van der Waals surface area contributed by atoms with Crippen molar-refractivity contribution in [1.82, 2.24) is 19.2 Å². The number of nitrogens with zero attached hydrogens (tertiary/aromatic N) is 4. The number of imidazole rings is 1. The zero-order valence-corrected chi connectivity index (χ0v) is 18.7. The van der Waals surface area contributed by atoms with Gasteiger partial charge in [0.15, 0.2) is 5.76 Å². The lowest BCUT2D eigenvalue weighted by molar-refractivity contribution is -0.140. The summed E-state index contributed by atoms with van der Waals surface area (Å²) in [6.07, 6.45) is 3.29. The molecule has 1 atom stereocenters. The van der Waals surface area contributed by atoms with E-state index in [-0.39, 0.29) is 11.3 Å². The number of aromatic nitrogens is 2. The Morgan fingerprint density at radius 1 is 1.15 bits per heavy atom. The van der Waals surface area contributed by atoms with E-state index >= 15 is 0 Å². The van der Waals surface area contributed by atoms with Crippen LogP contribution in [0, 0.1) is 13.8 Å². The lowest BCUT2D eigenvalue weighted by Crippen LogP contribution is -2.42. The summed E-state index contributed by atoms with van der Waals surface area (Å²) in [5, 5.41) is 11.4. The Labute approximate surface area is 190 Å². The molecule has 5 heterocycles. The number of aliphatic hydroxyl groups excluding tert-OH is 1. The highest BCUT2D eigenvalue weighted by molar-refractivity contribution is 6.46. The van der Waals surface area contributed by atoms with Crippen LogP contribution in [0.15, 0.2) is 46.7 Å². The van der Waals surface area contributed by atoms with Gasteiger partial charge < -0.3 is 19.2 Å². The van der Waals surface area contributed by atoms with E-state index in [0.29, 0.717) is 49.1 Å². The molecule has 0 unspecified atom stereocenters. The van der Waals surface area contributed by atoms with Crippen molar-refractivity contribution in [3.8, 4) is 0 Å². The molecule has 2 aliphatic rings. The van der Waals surface area contributed by atoms with Crippen molar-refractivity contribution in [2.45, 2.75) is 19.9 Å². The Kier molecular flexibility index (Phi) is 5.51. The van der Waals surface area contributed by atoms with Crippen LogP contribution in [-0.4, -0.2) is 75.4 Å². The first-order valence-electron chi connectivity index (χ1n) is 11.0. The Hall–Kier alpha value is -3.43. The fourth-order valence-corrected chi connectivity index (χ4v) is 4.66. The van der Waals surface area contributed by atoms with Crippen LogP contribution in [0.1, 0.15) is 28.8 Å². The summed E-state index contributed by atoms with van der Waals surface area (Å²) >= 11 is 0. The number of hydrogen-bond donors (Lipinski definition) is 1. The highest BCUT2D eigenvalue weighted by Crippen LogP contribution is 2.40. The zero-order valence-electron chi connectivity index (χ0n) is 18.7. The smallest absolute Gasteiger partial charge is 0.295 e. The number of ketones is 1. The molecule has 33 heavy (non-hydrogen) atoms. The Balaban J connectivity index is 1.59. The van der Waals surface area contributed by atoms with Crippen LogP contribution in [0.4, 0.5) is 0 Å². The number of aliphatic hydroxyl groups is 1. The van der Waals surface area contributed by atoms with Gasteiger partial charge in [0.2, 0.25) is 0 Å². The van der Waals surface area contributed by atoms with Gasteiger partial charge in [-0.1, -0.05) is 6.07 Å². The molecule has 5 rings (SSSR count). The molecule has 0 saturated carbocycles. The average Bonchev–Trinajstić information content (AvgIpc) is 3.51. The molecule has 9 nitrogen and oxygen atoms in total. The van der Waals surface area contributed by atoms with E-state index in [1.165, 1.54) is 11.2 Å². The molecule has 2 aliphatic heterocycles.